The number of piperidine rings is 1. The molecule has 2 heteroatoms. The number of benzene rings is 1. The summed E-state index contributed by atoms with van der Waals surface area (Å²) in [6.45, 7) is 10.9. The van der Waals surface area contributed by atoms with Crippen LogP contribution >= 0.6 is 0 Å². The molecule has 0 aromatic heterocycles. The van der Waals surface area contributed by atoms with Crippen LogP contribution in [0.5, 0.6) is 0 Å². The smallest absolute Gasteiger partial charge is 0.0657 e. The van der Waals surface area contributed by atoms with Crippen LogP contribution in [0.1, 0.15) is 58.6 Å². The minimum Gasteiger partial charge on any atom is -0.291 e. The van der Waals surface area contributed by atoms with E-state index >= 15 is 0 Å². The van der Waals surface area contributed by atoms with Crippen LogP contribution < -0.4 is 0 Å². The van der Waals surface area contributed by atoms with Crippen molar-refractivity contribution in [2.45, 2.75) is 65.2 Å². The molecule has 4 atom stereocenters. The van der Waals surface area contributed by atoms with E-state index in [1.165, 1.54) is 31.4 Å². The van der Waals surface area contributed by atoms with Crippen LogP contribution in [0.4, 0.5) is 0 Å². The summed E-state index contributed by atoms with van der Waals surface area (Å²) in [5, 5.41) is 0. The fourth-order valence-electron chi connectivity index (χ4n) is 4.75. The molecule has 2 aliphatic rings. The predicted octanol–water partition coefficient (Wildman–Crippen LogP) is 4.54. The molecule has 2 saturated heterocycles. The number of hydrogen-bond acceptors (Lipinski definition) is 2. The molecule has 3 rings (SSSR count). The molecule has 0 amide bonds. The Balaban J connectivity index is 1.95. The summed E-state index contributed by atoms with van der Waals surface area (Å²) in [5.74, 6) is 0.842. The molecular weight excluding hydrogens is 268 g/mol. The molecule has 0 radical (unpaired) electrons. The Kier molecular flexibility index (Phi) is 4.35. The fourth-order valence-corrected chi connectivity index (χ4v) is 4.75. The summed E-state index contributed by atoms with van der Waals surface area (Å²) < 4.78 is 0. The van der Waals surface area contributed by atoms with Gasteiger partial charge >= 0.3 is 0 Å². The van der Waals surface area contributed by atoms with Crippen molar-refractivity contribution in [3.05, 3.63) is 35.9 Å². The van der Waals surface area contributed by atoms with Gasteiger partial charge in [0, 0.05) is 12.1 Å². The van der Waals surface area contributed by atoms with E-state index in [9.17, 15) is 0 Å². The molecule has 2 heterocycles. The Hall–Kier alpha value is -0.860. The highest BCUT2D eigenvalue weighted by molar-refractivity contribution is 5.20. The molecule has 22 heavy (non-hydrogen) atoms. The summed E-state index contributed by atoms with van der Waals surface area (Å²) in [6.07, 6.45) is 4.74. The van der Waals surface area contributed by atoms with Gasteiger partial charge in [0.2, 0.25) is 0 Å². The lowest BCUT2D eigenvalue weighted by Crippen LogP contribution is -2.53. The zero-order valence-corrected chi connectivity index (χ0v) is 14.9. The fraction of sp³-hybridized carbons (Fsp3) is 0.700. The first-order valence-corrected chi connectivity index (χ1v) is 8.92. The van der Waals surface area contributed by atoms with E-state index in [1.54, 1.807) is 0 Å². The zero-order valence-electron chi connectivity index (χ0n) is 14.9. The normalized spacial score (nSPS) is 32.0. The second kappa shape index (κ2) is 5.98. The first-order valence-electron chi connectivity index (χ1n) is 8.92. The predicted molar refractivity (Wildman–Crippen MR) is 93.7 cm³/mol. The second-order valence-electron chi connectivity index (χ2n) is 8.45. The highest BCUT2D eigenvalue weighted by atomic mass is 15.4. The first kappa shape index (κ1) is 16.0. The Labute approximate surface area is 136 Å². The Morgan fingerprint density at radius 1 is 1.14 bits per heavy atom. The van der Waals surface area contributed by atoms with Crippen molar-refractivity contribution in [2.24, 2.45) is 11.3 Å². The SMILES string of the molecule is C[C@H](c1ccccc1)N1C2C(CCCN2C)CC1C(C)(C)C. The molecule has 0 aliphatic carbocycles. The van der Waals surface area contributed by atoms with Crippen LogP contribution in [0.3, 0.4) is 0 Å². The quantitative estimate of drug-likeness (QED) is 0.791. The summed E-state index contributed by atoms with van der Waals surface area (Å²) in [5.41, 5.74) is 1.79. The third-order valence-corrected chi connectivity index (χ3v) is 5.88. The molecule has 2 fully saturated rings. The molecule has 0 bridgehead atoms. The van der Waals surface area contributed by atoms with E-state index in [1.807, 2.05) is 0 Å². The third kappa shape index (κ3) is 2.83. The standard InChI is InChI=1S/C20H32N2/c1-15(16-10-7-6-8-11-16)22-18(20(2,3)4)14-17-12-9-13-21(5)19(17)22/h6-8,10-11,15,17-19H,9,12-14H2,1-5H3/t15-,17?,18?,19?/m1/s1. The van der Waals surface area contributed by atoms with Crippen molar-refractivity contribution in [3.63, 3.8) is 0 Å². The minimum absolute atomic E-state index is 0.335. The van der Waals surface area contributed by atoms with E-state index in [0.717, 1.165) is 5.92 Å². The van der Waals surface area contributed by atoms with Gasteiger partial charge < -0.3 is 0 Å². The van der Waals surface area contributed by atoms with Crippen LogP contribution in [0.25, 0.3) is 0 Å². The lowest BCUT2D eigenvalue weighted by molar-refractivity contribution is -0.0198. The van der Waals surface area contributed by atoms with Crippen molar-refractivity contribution in [3.8, 4) is 0 Å². The number of hydrogen-bond donors (Lipinski definition) is 0. The average Bonchev–Trinajstić information content (AvgIpc) is 2.88. The molecule has 0 saturated carbocycles. The molecule has 2 nitrogen and oxygen atoms in total. The average molecular weight is 300 g/mol. The number of nitrogens with zero attached hydrogens (tertiary/aromatic N) is 2. The Morgan fingerprint density at radius 2 is 1.82 bits per heavy atom. The van der Waals surface area contributed by atoms with Crippen LogP contribution in [-0.4, -0.2) is 35.6 Å². The van der Waals surface area contributed by atoms with E-state index in [4.69, 9.17) is 0 Å². The number of fused-ring (bicyclic) bond motifs is 1. The van der Waals surface area contributed by atoms with Crippen LogP contribution in [0.15, 0.2) is 30.3 Å². The maximum atomic E-state index is 2.83. The van der Waals surface area contributed by atoms with Gasteiger partial charge in [-0.15, -0.1) is 0 Å². The molecule has 2 aliphatic heterocycles. The molecule has 1 aromatic rings. The molecule has 0 spiro atoms. The van der Waals surface area contributed by atoms with Gasteiger partial charge in [-0.2, -0.15) is 0 Å². The van der Waals surface area contributed by atoms with Gasteiger partial charge in [0.05, 0.1) is 6.17 Å². The van der Waals surface area contributed by atoms with Crippen molar-refractivity contribution >= 4 is 0 Å². The van der Waals surface area contributed by atoms with Gasteiger partial charge in [0.1, 0.15) is 0 Å². The second-order valence-corrected chi connectivity index (χ2v) is 8.45. The van der Waals surface area contributed by atoms with Gasteiger partial charge in [-0.3, -0.25) is 9.80 Å². The van der Waals surface area contributed by atoms with Crippen LogP contribution in [-0.2, 0) is 0 Å². The molecular formula is C20H32N2. The molecule has 0 N–H and O–H groups in total. The van der Waals surface area contributed by atoms with Gasteiger partial charge in [-0.1, -0.05) is 51.1 Å². The first-order chi connectivity index (χ1) is 10.4. The maximum Gasteiger partial charge on any atom is 0.0657 e. The Bertz CT molecular complexity index is 488. The Morgan fingerprint density at radius 3 is 2.45 bits per heavy atom. The highest BCUT2D eigenvalue weighted by Crippen LogP contribution is 2.47. The summed E-state index contributed by atoms with van der Waals surface area (Å²) >= 11 is 0. The number of likely N-dealkylation sites (tertiary alicyclic amines) is 2. The lowest BCUT2D eigenvalue weighted by atomic mass is 9.82. The summed E-state index contributed by atoms with van der Waals surface area (Å²) in [7, 11) is 2.33. The van der Waals surface area contributed by atoms with E-state index in [2.05, 4.69) is 74.9 Å². The van der Waals surface area contributed by atoms with E-state index in [0.29, 0.717) is 23.7 Å². The van der Waals surface area contributed by atoms with Crippen molar-refractivity contribution in [1.29, 1.82) is 0 Å². The van der Waals surface area contributed by atoms with Crippen molar-refractivity contribution in [1.82, 2.24) is 9.80 Å². The van der Waals surface area contributed by atoms with Gasteiger partial charge in [0.15, 0.2) is 0 Å². The van der Waals surface area contributed by atoms with Gasteiger partial charge in [-0.05, 0) is 56.7 Å². The zero-order chi connectivity index (χ0) is 15.9. The van der Waals surface area contributed by atoms with Gasteiger partial charge in [0.25, 0.3) is 0 Å². The molecule has 3 unspecified atom stereocenters. The highest BCUT2D eigenvalue weighted by Gasteiger charge is 2.49. The largest absolute Gasteiger partial charge is 0.291 e. The molecule has 1 aromatic carbocycles. The van der Waals surface area contributed by atoms with Crippen LogP contribution in [0, 0.1) is 11.3 Å². The third-order valence-electron chi connectivity index (χ3n) is 5.88. The topological polar surface area (TPSA) is 6.48 Å². The lowest BCUT2D eigenvalue weighted by Gasteiger charge is -2.46. The monoisotopic (exact) mass is 300 g/mol. The van der Waals surface area contributed by atoms with E-state index in [-0.39, 0.29) is 0 Å². The molecule has 122 valence electrons. The number of rotatable bonds is 2. The summed E-state index contributed by atoms with van der Waals surface area (Å²) in [4.78, 5) is 5.44. The van der Waals surface area contributed by atoms with Crippen molar-refractivity contribution < 1.29 is 0 Å². The van der Waals surface area contributed by atoms with Crippen LogP contribution in [0.2, 0.25) is 0 Å². The summed E-state index contributed by atoms with van der Waals surface area (Å²) in [6, 6.07) is 12.2. The van der Waals surface area contributed by atoms with E-state index < -0.39 is 0 Å². The van der Waals surface area contributed by atoms with Crippen molar-refractivity contribution in [2.75, 3.05) is 13.6 Å². The van der Waals surface area contributed by atoms with Gasteiger partial charge in [-0.25, -0.2) is 0 Å². The minimum atomic E-state index is 0.335. The maximum absolute atomic E-state index is 2.83.